The number of rotatable bonds is 3. The number of halogens is 1. The van der Waals surface area contributed by atoms with E-state index < -0.39 is 6.10 Å². The SMILES string of the molecule is OC1CNCC1Oc1ccc(-c2ccccc2)cc1Cl. The largest absolute Gasteiger partial charge is 0.485 e. The van der Waals surface area contributed by atoms with E-state index in [1.54, 1.807) is 0 Å². The van der Waals surface area contributed by atoms with Gasteiger partial charge in [-0.2, -0.15) is 0 Å². The fraction of sp³-hybridized carbons (Fsp3) is 0.250. The number of β-amino-alcohol motifs (C(OH)–C–C–N with tert-alkyl or cyclic N) is 1. The highest BCUT2D eigenvalue weighted by atomic mass is 35.5. The standard InChI is InChI=1S/C16H16ClNO2/c17-13-8-12(11-4-2-1-3-5-11)6-7-15(13)20-16-10-18-9-14(16)19/h1-8,14,16,18-19H,9-10H2. The van der Waals surface area contributed by atoms with Crippen molar-refractivity contribution in [3.8, 4) is 16.9 Å². The van der Waals surface area contributed by atoms with Crippen LogP contribution in [0.1, 0.15) is 0 Å². The summed E-state index contributed by atoms with van der Waals surface area (Å²) in [6.07, 6.45) is -0.727. The van der Waals surface area contributed by atoms with Crippen molar-refractivity contribution in [1.29, 1.82) is 0 Å². The normalized spacial score (nSPS) is 21.9. The van der Waals surface area contributed by atoms with Crippen molar-refractivity contribution in [2.75, 3.05) is 13.1 Å². The van der Waals surface area contributed by atoms with Gasteiger partial charge in [-0.05, 0) is 23.3 Å². The van der Waals surface area contributed by atoms with Gasteiger partial charge in [0.15, 0.2) is 0 Å². The van der Waals surface area contributed by atoms with Gasteiger partial charge in [0.05, 0.1) is 5.02 Å². The quantitative estimate of drug-likeness (QED) is 0.913. The molecule has 2 N–H and O–H groups in total. The van der Waals surface area contributed by atoms with Gasteiger partial charge in [-0.1, -0.05) is 48.0 Å². The van der Waals surface area contributed by atoms with Crippen LogP contribution in [0, 0.1) is 0 Å². The van der Waals surface area contributed by atoms with Crippen molar-refractivity contribution in [3.63, 3.8) is 0 Å². The Labute approximate surface area is 123 Å². The third-order valence-electron chi connectivity index (χ3n) is 3.45. The van der Waals surface area contributed by atoms with Crippen LogP contribution in [0.25, 0.3) is 11.1 Å². The fourth-order valence-electron chi connectivity index (χ4n) is 2.33. The number of nitrogens with one attached hydrogen (secondary N) is 1. The Morgan fingerprint density at radius 2 is 1.85 bits per heavy atom. The van der Waals surface area contributed by atoms with E-state index in [-0.39, 0.29) is 6.10 Å². The van der Waals surface area contributed by atoms with Gasteiger partial charge in [-0.15, -0.1) is 0 Å². The van der Waals surface area contributed by atoms with Gasteiger partial charge in [0.25, 0.3) is 0 Å². The van der Waals surface area contributed by atoms with E-state index in [1.807, 2.05) is 48.5 Å². The maximum absolute atomic E-state index is 9.74. The summed E-state index contributed by atoms with van der Waals surface area (Å²) in [5, 5.41) is 13.4. The number of aliphatic hydroxyl groups is 1. The maximum Gasteiger partial charge on any atom is 0.138 e. The first-order valence-corrected chi connectivity index (χ1v) is 7.02. The lowest BCUT2D eigenvalue weighted by atomic mass is 10.1. The fourth-order valence-corrected chi connectivity index (χ4v) is 2.56. The van der Waals surface area contributed by atoms with Crippen molar-refractivity contribution >= 4 is 11.6 Å². The van der Waals surface area contributed by atoms with Crippen molar-refractivity contribution in [1.82, 2.24) is 5.32 Å². The van der Waals surface area contributed by atoms with Gasteiger partial charge in [-0.25, -0.2) is 0 Å². The van der Waals surface area contributed by atoms with Gasteiger partial charge in [0.2, 0.25) is 0 Å². The third kappa shape index (κ3) is 2.80. The summed E-state index contributed by atoms with van der Waals surface area (Å²) in [6.45, 7) is 1.20. The van der Waals surface area contributed by atoms with E-state index in [0.29, 0.717) is 23.9 Å². The minimum absolute atomic E-state index is 0.241. The lowest BCUT2D eigenvalue weighted by molar-refractivity contribution is 0.0738. The molecule has 0 spiro atoms. The van der Waals surface area contributed by atoms with E-state index in [4.69, 9.17) is 16.3 Å². The molecule has 1 aliphatic heterocycles. The van der Waals surface area contributed by atoms with E-state index in [0.717, 1.165) is 11.1 Å². The minimum atomic E-state index is -0.486. The minimum Gasteiger partial charge on any atom is -0.485 e. The molecule has 0 aromatic heterocycles. The second-order valence-corrected chi connectivity index (χ2v) is 5.30. The lowest BCUT2D eigenvalue weighted by Crippen LogP contribution is -2.29. The van der Waals surface area contributed by atoms with Crippen LogP contribution in [-0.4, -0.2) is 30.4 Å². The Morgan fingerprint density at radius 3 is 2.50 bits per heavy atom. The smallest absolute Gasteiger partial charge is 0.138 e. The summed E-state index contributed by atoms with van der Waals surface area (Å²) in [5.74, 6) is 0.610. The highest BCUT2D eigenvalue weighted by molar-refractivity contribution is 6.32. The van der Waals surface area contributed by atoms with Crippen LogP contribution in [0.4, 0.5) is 0 Å². The molecule has 1 saturated heterocycles. The Hall–Kier alpha value is -1.55. The van der Waals surface area contributed by atoms with Gasteiger partial charge in [-0.3, -0.25) is 0 Å². The van der Waals surface area contributed by atoms with Crippen LogP contribution in [0.2, 0.25) is 5.02 Å². The average molecular weight is 290 g/mol. The summed E-state index contributed by atoms with van der Waals surface area (Å²) in [4.78, 5) is 0. The lowest BCUT2D eigenvalue weighted by Gasteiger charge is -2.17. The monoisotopic (exact) mass is 289 g/mol. The van der Waals surface area contributed by atoms with Crippen molar-refractivity contribution < 1.29 is 9.84 Å². The molecule has 1 fully saturated rings. The van der Waals surface area contributed by atoms with Crippen LogP contribution < -0.4 is 10.1 Å². The summed E-state index contributed by atoms with van der Waals surface area (Å²) >= 11 is 6.28. The molecule has 4 heteroatoms. The van der Waals surface area contributed by atoms with Crippen molar-refractivity contribution in [3.05, 3.63) is 53.6 Å². The molecule has 20 heavy (non-hydrogen) atoms. The zero-order valence-electron chi connectivity index (χ0n) is 10.9. The Bertz CT molecular complexity index is 588. The van der Waals surface area contributed by atoms with E-state index in [1.165, 1.54) is 0 Å². The molecule has 3 nitrogen and oxygen atoms in total. The molecule has 0 aliphatic carbocycles. The molecule has 0 radical (unpaired) electrons. The Morgan fingerprint density at radius 1 is 1.05 bits per heavy atom. The molecule has 2 unspecified atom stereocenters. The second kappa shape index (κ2) is 5.83. The van der Waals surface area contributed by atoms with E-state index >= 15 is 0 Å². The number of hydrogen-bond donors (Lipinski definition) is 2. The van der Waals surface area contributed by atoms with Crippen molar-refractivity contribution in [2.24, 2.45) is 0 Å². The summed E-state index contributed by atoms with van der Waals surface area (Å²) in [6, 6.07) is 15.8. The molecule has 2 atom stereocenters. The van der Waals surface area contributed by atoms with Crippen molar-refractivity contribution in [2.45, 2.75) is 12.2 Å². The highest BCUT2D eigenvalue weighted by Gasteiger charge is 2.27. The number of hydrogen-bond acceptors (Lipinski definition) is 3. The number of aliphatic hydroxyl groups excluding tert-OH is 1. The molecular weight excluding hydrogens is 274 g/mol. The van der Waals surface area contributed by atoms with Gasteiger partial charge < -0.3 is 15.2 Å². The average Bonchev–Trinajstić information content (AvgIpc) is 2.87. The predicted molar refractivity (Wildman–Crippen MR) is 80.2 cm³/mol. The molecule has 0 saturated carbocycles. The molecule has 104 valence electrons. The second-order valence-electron chi connectivity index (χ2n) is 4.89. The maximum atomic E-state index is 9.74. The van der Waals surface area contributed by atoms with Crippen LogP contribution in [-0.2, 0) is 0 Å². The molecule has 2 aromatic rings. The molecule has 1 aliphatic rings. The zero-order chi connectivity index (χ0) is 13.9. The highest BCUT2D eigenvalue weighted by Crippen LogP contribution is 2.31. The zero-order valence-corrected chi connectivity index (χ0v) is 11.7. The predicted octanol–water partition coefficient (Wildman–Crippen LogP) is 2.72. The molecule has 0 amide bonds. The first-order valence-electron chi connectivity index (χ1n) is 6.64. The van der Waals surface area contributed by atoms with E-state index in [2.05, 4.69) is 5.32 Å². The van der Waals surface area contributed by atoms with Crippen LogP contribution in [0.3, 0.4) is 0 Å². The molecule has 3 rings (SSSR count). The van der Waals surface area contributed by atoms with Crippen LogP contribution in [0.5, 0.6) is 5.75 Å². The Kier molecular flexibility index (Phi) is 3.92. The van der Waals surface area contributed by atoms with Gasteiger partial charge in [0, 0.05) is 13.1 Å². The van der Waals surface area contributed by atoms with E-state index in [9.17, 15) is 5.11 Å². The van der Waals surface area contributed by atoms with Gasteiger partial charge >= 0.3 is 0 Å². The third-order valence-corrected chi connectivity index (χ3v) is 3.74. The molecular formula is C16H16ClNO2. The van der Waals surface area contributed by atoms with Crippen LogP contribution in [0.15, 0.2) is 48.5 Å². The Balaban J connectivity index is 1.81. The first-order chi connectivity index (χ1) is 9.74. The number of benzene rings is 2. The summed E-state index contributed by atoms with van der Waals surface area (Å²) in [5.41, 5.74) is 2.16. The molecule has 1 heterocycles. The van der Waals surface area contributed by atoms with Gasteiger partial charge in [0.1, 0.15) is 18.0 Å². The summed E-state index contributed by atoms with van der Waals surface area (Å²) in [7, 11) is 0. The number of ether oxygens (including phenoxy) is 1. The molecule has 2 aromatic carbocycles. The first kappa shape index (κ1) is 13.4. The summed E-state index contributed by atoms with van der Waals surface area (Å²) < 4.78 is 5.76. The topological polar surface area (TPSA) is 41.5 Å². The van der Waals surface area contributed by atoms with Crippen LogP contribution >= 0.6 is 11.6 Å². The molecule has 0 bridgehead atoms.